The second kappa shape index (κ2) is 11.4. The molecule has 8 heteroatoms. The highest BCUT2D eigenvalue weighted by Crippen LogP contribution is 2.29. The molecule has 1 heterocycles. The number of methoxy groups -OCH3 is 1. The normalized spacial score (nSPS) is 14.5. The number of likely N-dealkylation sites (tertiary alicyclic amines) is 1. The molecule has 0 spiro atoms. The van der Waals surface area contributed by atoms with Crippen molar-refractivity contribution in [3.05, 3.63) is 58.6 Å². The predicted molar refractivity (Wildman–Crippen MR) is 119 cm³/mol. The van der Waals surface area contributed by atoms with Gasteiger partial charge in [0.1, 0.15) is 5.75 Å². The summed E-state index contributed by atoms with van der Waals surface area (Å²) in [7, 11) is 1.52. The van der Waals surface area contributed by atoms with Crippen LogP contribution in [0.1, 0.15) is 28.8 Å². The van der Waals surface area contributed by atoms with Gasteiger partial charge in [-0.3, -0.25) is 9.69 Å². The Kier molecular flexibility index (Phi) is 9.90. The summed E-state index contributed by atoms with van der Waals surface area (Å²) in [6, 6.07) is 13.7. The third-order valence-electron chi connectivity index (χ3n) is 4.74. The van der Waals surface area contributed by atoms with Gasteiger partial charge in [0.2, 0.25) is 0 Å². The van der Waals surface area contributed by atoms with Gasteiger partial charge in [-0.25, -0.2) is 0 Å². The van der Waals surface area contributed by atoms with E-state index in [-0.39, 0.29) is 36.8 Å². The fraction of sp³-hybridized carbons (Fsp3) is 0.350. The van der Waals surface area contributed by atoms with E-state index in [0.29, 0.717) is 22.0 Å². The molecule has 2 aromatic carbocycles. The van der Waals surface area contributed by atoms with Crippen LogP contribution in [-0.2, 0) is 6.54 Å². The molecule has 3 rings (SSSR count). The number of nitrogens with zero attached hydrogens (tertiary/aromatic N) is 1. The summed E-state index contributed by atoms with van der Waals surface area (Å²) in [4.78, 5) is 15.0. The third-order valence-corrected chi connectivity index (χ3v) is 5.06. The van der Waals surface area contributed by atoms with Gasteiger partial charge in [-0.05, 0) is 24.5 Å². The van der Waals surface area contributed by atoms with Crippen molar-refractivity contribution in [3.63, 3.8) is 0 Å². The van der Waals surface area contributed by atoms with E-state index in [9.17, 15) is 4.79 Å². The smallest absolute Gasteiger partial charge is 0.255 e. The van der Waals surface area contributed by atoms with E-state index < -0.39 is 0 Å². The molecule has 0 bridgehead atoms. The minimum absolute atomic E-state index is 0. The lowest BCUT2D eigenvalue weighted by molar-refractivity contribution is 0.0906. The van der Waals surface area contributed by atoms with Gasteiger partial charge in [0.25, 0.3) is 5.91 Å². The maximum Gasteiger partial charge on any atom is 0.255 e. The molecule has 3 N–H and O–H groups in total. The molecule has 154 valence electrons. The summed E-state index contributed by atoms with van der Waals surface area (Å²) >= 11 is 6.06. The molecule has 0 aromatic heterocycles. The number of ether oxygens (including phenoxy) is 1. The average Bonchev–Trinajstić information content (AvgIpc) is 2.66. The topological polar surface area (TPSA) is 67.6 Å². The van der Waals surface area contributed by atoms with Crippen LogP contribution in [0.15, 0.2) is 42.5 Å². The first-order chi connectivity index (χ1) is 12.6. The predicted octanol–water partition coefficient (Wildman–Crippen LogP) is 4.17. The summed E-state index contributed by atoms with van der Waals surface area (Å²) in [5.74, 6) is 0.260. The molecular formula is C20H26Cl3N3O2. The molecule has 2 aromatic rings. The van der Waals surface area contributed by atoms with Gasteiger partial charge in [-0.15, -0.1) is 24.8 Å². The molecule has 0 radical (unpaired) electrons. The molecule has 1 saturated heterocycles. The van der Waals surface area contributed by atoms with Gasteiger partial charge in [0, 0.05) is 31.7 Å². The number of amides is 1. The summed E-state index contributed by atoms with van der Waals surface area (Å²) < 4.78 is 5.27. The zero-order chi connectivity index (χ0) is 18.5. The van der Waals surface area contributed by atoms with Crippen LogP contribution in [0.3, 0.4) is 0 Å². The number of carbonyl (C=O) groups is 1. The van der Waals surface area contributed by atoms with Gasteiger partial charge < -0.3 is 15.8 Å². The Labute approximate surface area is 183 Å². The SMILES string of the molecule is COc1cc(N)c(Cl)cc1C(=O)NC1CCN(Cc2ccccc2)CC1.Cl.Cl. The number of nitrogen functional groups attached to an aromatic ring is 1. The van der Waals surface area contributed by atoms with Crippen LogP contribution < -0.4 is 15.8 Å². The van der Waals surface area contributed by atoms with Gasteiger partial charge in [-0.1, -0.05) is 41.9 Å². The highest BCUT2D eigenvalue weighted by molar-refractivity contribution is 6.33. The van der Waals surface area contributed by atoms with E-state index in [1.807, 2.05) is 6.07 Å². The highest BCUT2D eigenvalue weighted by Gasteiger charge is 2.23. The first-order valence-electron chi connectivity index (χ1n) is 8.77. The van der Waals surface area contributed by atoms with Gasteiger partial charge in [-0.2, -0.15) is 0 Å². The Morgan fingerprint density at radius 1 is 1.21 bits per heavy atom. The van der Waals surface area contributed by atoms with E-state index >= 15 is 0 Å². The quantitative estimate of drug-likeness (QED) is 0.677. The number of carbonyl (C=O) groups excluding carboxylic acids is 1. The van der Waals surface area contributed by atoms with Crippen LogP contribution in [0.25, 0.3) is 0 Å². The molecule has 0 atom stereocenters. The summed E-state index contributed by atoms with van der Waals surface area (Å²) in [5.41, 5.74) is 7.91. The van der Waals surface area contributed by atoms with Crippen molar-refractivity contribution < 1.29 is 9.53 Å². The zero-order valence-corrected chi connectivity index (χ0v) is 18.1. The van der Waals surface area contributed by atoms with Gasteiger partial charge >= 0.3 is 0 Å². The first kappa shape index (κ1) is 24.4. The van der Waals surface area contributed by atoms with Crippen molar-refractivity contribution in [1.82, 2.24) is 10.2 Å². The van der Waals surface area contributed by atoms with E-state index in [2.05, 4.69) is 34.5 Å². The number of nitrogens with two attached hydrogens (primary N) is 1. The van der Waals surface area contributed by atoms with Crippen molar-refractivity contribution in [2.75, 3.05) is 25.9 Å². The summed E-state index contributed by atoms with van der Waals surface area (Å²) in [6.45, 7) is 2.86. The Morgan fingerprint density at radius 3 is 2.46 bits per heavy atom. The number of hydrogen-bond donors (Lipinski definition) is 2. The number of piperidine rings is 1. The minimum Gasteiger partial charge on any atom is -0.496 e. The summed E-state index contributed by atoms with van der Waals surface area (Å²) in [5, 5.41) is 3.45. The van der Waals surface area contributed by atoms with Gasteiger partial charge in [0.15, 0.2) is 0 Å². The maximum atomic E-state index is 12.6. The number of hydrogen-bond acceptors (Lipinski definition) is 4. The Balaban J connectivity index is 0.00000196. The van der Waals surface area contributed by atoms with Crippen LogP contribution in [0.5, 0.6) is 5.75 Å². The van der Waals surface area contributed by atoms with E-state index in [1.165, 1.54) is 12.7 Å². The first-order valence-corrected chi connectivity index (χ1v) is 9.14. The lowest BCUT2D eigenvalue weighted by atomic mass is 10.0. The molecule has 1 aliphatic rings. The minimum atomic E-state index is -0.176. The molecule has 1 fully saturated rings. The van der Waals surface area contributed by atoms with Gasteiger partial charge in [0.05, 0.1) is 23.4 Å². The second-order valence-electron chi connectivity index (χ2n) is 6.58. The lowest BCUT2D eigenvalue weighted by Crippen LogP contribution is -2.44. The largest absolute Gasteiger partial charge is 0.496 e. The fourth-order valence-electron chi connectivity index (χ4n) is 3.26. The van der Waals surface area contributed by atoms with Crippen LogP contribution >= 0.6 is 36.4 Å². The number of benzene rings is 2. The van der Waals surface area contributed by atoms with Crippen LogP contribution in [-0.4, -0.2) is 37.0 Å². The number of nitrogens with one attached hydrogen (secondary N) is 1. The van der Waals surface area contributed by atoms with Crippen molar-refractivity contribution in [2.24, 2.45) is 0 Å². The molecular weight excluding hydrogens is 421 g/mol. The highest BCUT2D eigenvalue weighted by atomic mass is 35.5. The number of rotatable bonds is 5. The zero-order valence-electron chi connectivity index (χ0n) is 15.7. The Bertz CT molecular complexity index is 767. The number of anilines is 1. The van der Waals surface area contributed by atoms with Crippen LogP contribution in [0, 0.1) is 0 Å². The third kappa shape index (κ3) is 6.17. The Hall–Kier alpha value is -1.66. The van der Waals surface area contributed by atoms with E-state index in [0.717, 1.165) is 32.5 Å². The average molecular weight is 447 g/mol. The number of halogens is 3. The molecule has 0 saturated carbocycles. The van der Waals surface area contributed by atoms with Crippen molar-refractivity contribution in [2.45, 2.75) is 25.4 Å². The molecule has 1 aliphatic heterocycles. The maximum absolute atomic E-state index is 12.6. The summed E-state index contributed by atoms with van der Waals surface area (Å²) in [6.07, 6.45) is 1.84. The molecule has 5 nitrogen and oxygen atoms in total. The van der Waals surface area contributed by atoms with Crippen LogP contribution in [0.4, 0.5) is 5.69 Å². The molecule has 1 amide bonds. The fourth-order valence-corrected chi connectivity index (χ4v) is 3.42. The van der Waals surface area contributed by atoms with E-state index in [1.54, 1.807) is 12.1 Å². The second-order valence-corrected chi connectivity index (χ2v) is 6.99. The molecule has 28 heavy (non-hydrogen) atoms. The van der Waals surface area contributed by atoms with Crippen LogP contribution in [0.2, 0.25) is 5.02 Å². The van der Waals surface area contributed by atoms with Crippen molar-refractivity contribution in [3.8, 4) is 5.75 Å². The van der Waals surface area contributed by atoms with E-state index in [4.69, 9.17) is 22.1 Å². The Morgan fingerprint density at radius 2 is 1.86 bits per heavy atom. The lowest BCUT2D eigenvalue weighted by Gasteiger charge is -2.32. The molecule has 0 aliphatic carbocycles. The monoisotopic (exact) mass is 445 g/mol. The standard InChI is InChI=1S/C20H24ClN3O2.2ClH/c1-26-19-12-18(22)17(21)11-16(19)20(25)23-15-7-9-24(10-8-15)13-14-5-3-2-4-6-14;;/h2-6,11-12,15H,7-10,13,22H2,1H3,(H,23,25);2*1H. The van der Waals surface area contributed by atoms with Crippen molar-refractivity contribution >= 4 is 48.0 Å². The molecule has 0 unspecified atom stereocenters. The van der Waals surface area contributed by atoms with Crippen molar-refractivity contribution in [1.29, 1.82) is 0 Å².